The van der Waals surface area contributed by atoms with E-state index in [0.717, 1.165) is 22.8 Å². The summed E-state index contributed by atoms with van der Waals surface area (Å²) in [7, 11) is 0. The first kappa shape index (κ1) is 23.1. The molecule has 1 nitrogen and oxygen atoms in total. The molecular weight excluding hydrogens is 408 g/mol. The largest absolute Gasteiger partial charge is 0.507 e. The Kier molecular flexibility index (Phi) is 6.18. The molecule has 178 valence electrons. The number of hydrogen-bond acceptors (Lipinski definition) is 2. The van der Waals surface area contributed by atoms with Crippen molar-refractivity contribution in [3.63, 3.8) is 0 Å². The minimum Gasteiger partial charge on any atom is -0.507 e. The fourth-order valence-electron chi connectivity index (χ4n) is 8.47. The summed E-state index contributed by atoms with van der Waals surface area (Å²) in [5.74, 6) is 3.41. The molecule has 6 rings (SSSR count). The number of phenols is 1. The number of hydrogen-bond donors (Lipinski definition) is 1. The predicted molar refractivity (Wildman–Crippen MR) is 139 cm³/mol. The highest BCUT2D eigenvalue weighted by Crippen LogP contribution is 2.66. The predicted octanol–water partition coefficient (Wildman–Crippen LogP) is 8.89. The Balaban J connectivity index is 1.46. The van der Waals surface area contributed by atoms with Crippen LogP contribution in [0.5, 0.6) is 5.75 Å². The standard InChI is InChI=1S/C30H46OS/c1-28(2,3)24-13-23(19-32-25-10-8-6-5-7-9-11-25)27(31)26(14-24)30-17-21-12-22(18-30)16-29(4,15-21)20-30/h13-14,21-22,25,31H,5-12,15-20H2,1-4H3. The third kappa shape index (κ3) is 4.51. The van der Waals surface area contributed by atoms with Gasteiger partial charge in [-0.3, -0.25) is 0 Å². The van der Waals surface area contributed by atoms with Crippen LogP contribution in [0.3, 0.4) is 0 Å². The Hall–Kier alpha value is -0.630. The van der Waals surface area contributed by atoms with Gasteiger partial charge in [0.2, 0.25) is 0 Å². The highest BCUT2D eigenvalue weighted by Gasteiger charge is 2.57. The van der Waals surface area contributed by atoms with Crippen molar-refractivity contribution in [3.05, 3.63) is 28.8 Å². The lowest BCUT2D eigenvalue weighted by molar-refractivity contribution is -0.0622. The summed E-state index contributed by atoms with van der Waals surface area (Å²) in [4.78, 5) is 0. The van der Waals surface area contributed by atoms with Crippen LogP contribution in [0, 0.1) is 17.3 Å². The molecule has 0 heterocycles. The van der Waals surface area contributed by atoms with E-state index in [1.54, 1.807) is 0 Å². The van der Waals surface area contributed by atoms with Gasteiger partial charge in [0.25, 0.3) is 0 Å². The summed E-state index contributed by atoms with van der Waals surface area (Å²) in [6.45, 7) is 9.58. The first-order chi connectivity index (χ1) is 15.2. The zero-order chi connectivity index (χ0) is 22.6. The van der Waals surface area contributed by atoms with Gasteiger partial charge in [0.05, 0.1) is 0 Å². The number of rotatable bonds is 4. The maximum absolute atomic E-state index is 11.7. The van der Waals surface area contributed by atoms with Gasteiger partial charge < -0.3 is 5.11 Å². The summed E-state index contributed by atoms with van der Waals surface area (Å²) >= 11 is 2.13. The van der Waals surface area contributed by atoms with Crippen LogP contribution in [0.15, 0.2) is 12.1 Å². The summed E-state index contributed by atoms with van der Waals surface area (Å²) in [6.07, 6.45) is 18.0. The van der Waals surface area contributed by atoms with Gasteiger partial charge in [0, 0.05) is 27.5 Å². The van der Waals surface area contributed by atoms with E-state index >= 15 is 0 Å². The van der Waals surface area contributed by atoms with E-state index in [4.69, 9.17) is 0 Å². The van der Waals surface area contributed by atoms with Crippen LogP contribution in [0.25, 0.3) is 0 Å². The van der Waals surface area contributed by atoms with Crippen molar-refractivity contribution in [1.29, 1.82) is 0 Å². The van der Waals surface area contributed by atoms with Crippen LogP contribution >= 0.6 is 11.8 Å². The van der Waals surface area contributed by atoms with Crippen LogP contribution in [0.4, 0.5) is 0 Å². The summed E-state index contributed by atoms with van der Waals surface area (Å²) in [5, 5.41) is 12.5. The molecule has 0 amide bonds. The Morgan fingerprint density at radius 3 is 2.16 bits per heavy atom. The molecule has 4 bridgehead atoms. The van der Waals surface area contributed by atoms with Gasteiger partial charge in [-0.05, 0) is 79.6 Å². The van der Waals surface area contributed by atoms with Crippen molar-refractivity contribution in [1.82, 2.24) is 0 Å². The molecule has 0 aromatic heterocycles. The second kappa shape index (κ2) is 8.54. The first-order valence-corrected chi connectivity index (χ1v) is 14.7. The fourth-order valence-corrected chi connectivity index (χ4v) is 9.77. The Morgan fingerprint density at radius 1 is 0.938 bits per heavy atom. The van der Waals surface area contributed by atoms with Crippen molar-refractivity contribution in [2.24, 2.45) is 17.3 Å². The topological polar surface area (TPSA) is 20.2 Å². The van der Waals surface area contributed by atoms with E-state index < -0.39 is 0 Å². The smallest absolute Gasteiger partial charge is 0.123 e. The van der Waals surface area contributed by atoms with Crippen molar-refractivity contribution in [2.75, 3.05) is 0 Å². The molecule has 5 fully saturated rings. The van der Waals surface area contributed by atoms with E-state index in [1.807, 2.05) is 0 Å². The van der Waals surface area contributed by atoms with E-state index in [9.17, 15) is 5.11 Å². The molecular formula is C30H46OS. The summed E-state index contributed by atoms with van der Waals surface area (Å²) in [5.41, 5.74) is 4.83. The third-order valence-corrected chi connectivity index (χ3v) is 10.9. The van der Waals surface area contributed by atoms with Gasteiger partial charge in [0.15, 0.2) is 0 Å². The van der Waals surface area contributed by atoms with E-state index in [1.165, 1.54) is 100 Å². The van der Waals surface area contributed by atoms with Crippen LogP contribution in [-0.2, 0) is 16.6 Å². The molecule has 5 saturated carbocycles. The van der Waals surface area contributed by atoms with Crippen molar-refractivity contribution in [3.8, 4) is 5.75 Å². The van der Waals surface area contributed by atoms with E-state index in [-0.39, 0.29) is 10.8 Å². The lowest BCUT2D eigenvalue weighted by atomic mass is 9.43. The molecule has 1 aromatic rings. The summed E-state index contributed by atoms with van der Waals surface area (Å²) < 4.78 is 0. The lowest BCUT2D eigenvalue weighted by Gasteiger charge is -2.61. The zero-order valence-corrected chi connectivity index (χ0v) is 22.0. The maximum Gasteiger partial charge on any atom is 0.123 e. The molecule has 5 aliphatic carbocycles. The maximum atomic E-state index is 11.7. The van der Waals surface area contributed by atoms with E-state index in [0.29, 0.717) is 11.2 Å². The van der Waals surface area contributed by atoms with Crippen LogP contribution in [-0.4, -0.2) is 10.4 Å². The Labute approximate surface area is 201 Å². The second-order valence-corrected chi connectivity index (χ2v) is 14.9. The monoisotopic (exact) mass is 454 g/mol. The Morgan fingerprint density at radius 2 is 1.56 bits per heavy atom. The zero-order valence-electron chi connectivity index (χ0n) is 21.1. The molecule has 0 spiro atoms. The second-order valence-electron chi connectivity index (χ2n) is 13.6. The normalized spacial score (nSPS) is 35.6. The van der Waals surface area contributed by atoms with Crippen LogP contribution < -0.4 is 0 Å². The van der Waals surface area contributed by atoms with Gasteiger partial charge in [-0.2, -0.15) is 11.8 Å². The number of phenolic OH excluding ortho intramolecular Hbond substituents is 1. The quantitative estimate of drug-likeness (QED) is 0.490. The Bertz CT molecular complexity index is 812. The number of aromatic hydroxyl groups is 1. The number of benzene rings is 1. The third-order valence-electron chi connectivity index (χ3n) is 9.51. The van der Waals surface area contributed by atoms with Crippen molar-refractivity contribution >= 4 is 11.8 Å². The van der Waals surface area contributed by atoms with Crippen molar-refractivity contribution < 1.29 is 5.11 Å². The molecule has 0 aliphatic heterocycles. The van der Waals surface area contributed by atoms with Gasteiger partial charge in [-0.1, -0.05) is 71.9 Å². The lowest BCUT2D eigenvalue weighted by Crippen LogP contribution is -2.53. The van der Waals surface area contributed by atoms with E-state index in [2.05, 4.69) is 51.6 Å². The van der Waals surface area contributed by atoms with Gasteiger partial charge in [0.1, 0.15) is 5.75 Å². The molecule has 2 unspecified atom stereocenters. The van der Waals surface area contributed by atoms with Gasteiger partial charge >= 0.3 is 0 Å². The molecule has 1 N–H and O–H groups in total. The first-order valence-electron chi connectivity index (χ1n) is 13.6. The van der Waals surface area contributed by atoms with Crippen LogP contribution in [0.1, 0.15) is 128 Å². The summed E-state index contributed by atoms with van der Waals surface area (Å²) in [6, 6.07) is 4.80. The van der Waals surface area contributed by atoms with Gasteiger partial charge in [-0.25, -0.2) is 0 Å². The molecule has 5 aliphatic rings. The highest BCUT2D eigenvalue weighted by atomic mass is 32.2. The average Bonchev–Trinajstić information content (AvgIpc) is 2.65. The minimum atomic E-state index is 0.119. The molecule has 32 heavy (non-hydrogen) atoms. The molecule has 2 atom stereocenters. The highest BCUT2D eigenvalue weighted by molar-refractivity contribution is 7.99. The molecule has 1 aromatic carbocycles. The van der Waals surface area contributed by atoms with Crippen molar-refractivity contribution in [2.45, 2.75) is 133 Å². The molecule has 2 heteroatoms. The van der Waals surface area contributed by atoms with Gasteiger partial charge in [-0.15, -0.1) is 0 Å². The molecule has 0 radical (unpaired) electrons. The molecule has 0 saturated heterocycles. The average molecular weight is 455 g/mol. The minimum absolute atomic E-state index is 0.119. The fraction of sp³-hybridized carbons (Fsp3) is 0.800. The number of thioether (sulfide) groups is 1. The van der Waals surface area contributed by atoms with Crippen LogP contribution in [0.2, 0.25) is 0 Å². The SMILES string of the molecule is CC12CC3CC(C1)CC(c1cc(C(C)(C)C)cc(CSC4CCCCCCC4)c1O)(C3)C2.